The maximum absolute atomic E-state index is 11.0. The zero-order valence-corrected chi connectivity index (χ0v) is 22.3. The van der Waals surface area contributed by atoms with Gasteiger partial charge in [-0.15, -0.1) is 0 Å². The highest BCUT2D eigenvalue weighted by molar-refractivity contribution is 5.72. The topological polar surface area (TPSA) is 85.2 Å². The molecule has 0 saturated carbocycles. The average molecular weight is 507 g/mol. The molecule has 3 aromatic carbocycles. The molecule has 5 rings (SSSR count). The maximum Gasteiger partial charge on any atom is 0.304 e. The molecule has 0 aromatic heterocycles. The molecule has 2 heterocycles. The van der Waals surface area contributed by atoms with E-state index in [1.807, 2.05) is 58.0 Å². The van der Waals surface area contributed by atoms with Crippen LogP contribution in [0.2, 0.25) is 0 Å². The molecule has 0 radical (unpaired) electrons. The van der Waals surface area contributed by atoms with E-state index in [4.69, 9.17) is 19.3 Å². The van der Waals surface area contributed by atoms with Gasteiger partial charge in [0.25, 0.3) is 0 Å². The molecule has 0 spiro atoms. The molecule has 37 heavy (non-hydrogen) atoms. The summed E-state index contributed by atoms with van der Waals surface area (Å²) in [5, 5.41) is 18.8. The number of phenolic OH excluding ortho intramolecular Hbond substituents is 1. The second-order valence-corrected chi connectivity index (χ2v) is 9.07. The largest absolute Gasteiger partial charge is 0.508 e. The molecular formula is C31H38O6. The van der Waals surface area contributed by atoms with E-state index in [2.05, 4.69) is 12.1 Å². The molecule has 6 heteroatoms. The number of carboxylic acids is 1. The monoisotopic (exact) mass is 506 g/mol. The van der Waals surface area contributed by atoms with Crippen molar-refractivity contribution in [2.45, 2.75) is 59.5 Å². The molecule has 0 bridgehead atoms. The molecule has 1 saturated heterocycles. The number of fused-ring (bicyclic) bond motifs is 1. The number of carboxylic acid groups (broad SMARTS) is 1. The summed E-state index contributed by atoms with van der Waals surface area (Å²) in [5.74, 6) is 0.725. The van der Waals surface area contributed by atoms with Crippen LogP contribution in [-0.4, -0.2) is 36.0 Å². The Morgan fingerprint density at radius 1 is 1.00 bits per heavy atom. The van der Waals surface area contributed by atoms with Crippen molar-refractivity contribution >= 4 is 5.97 Å². The van der Waals surface area contributed by atoms with Gasteiger partial charge in [-0.25, -0.2) is 0 Å². The summed E-state index contributed by atoms with van der Waals surface area (Å²) in [6.45, 7) is 10.8. The summed E-state index contributed by atoms with van der Waals surface area (Å²) in [6.07, 6.45) is 2.62. The van der Waals surface area contributed by atoms with E-state index in [-0.39, 0.29) is 18.1 Å². The number of ether oxygens (including phenoxy) is 3. The van der Waals surface area contributed by atoms with Crippen molar-refractivity contribution in [3.8, 4) is 28.4 Å². The second-order valence-electron chi connectivity index (χ2n) is 9.07. The lowest BCUT2D eigenvalue weighted by Gasteiger charge is -2.13. The molecule has 2 aliphatic rings. The Bertz CT molecular complexity index is 1150. The highest BCUT2D eigenvalue weighted by atomic mass is 16.5. The number of phenols is 1. The highest BCUT2D eigenvalue weighted by Gasteiger charge is 2.26. The SMILES string of the molecule is C1CCOC1.CC.Cc1cc(O)cc(C)c1-c1cccc(COc2ccc3c(c2)OCC3CC(=O)O)c1. The fourth-order valence-electron chi connectivity index (χ4n) is 4.62. The van der Waals surface area contributed by atoms with Crippen LogP contribution in [0.1, 0.15) is 61.3 Å². The van der Waals surface area contributed by atoms with E-state index in [1.54, 1.807) is 12.1 Å². The first-order chi connectivity index (χ1) is 17.9. The van der Waals surface area contributed by atoms with Crippen LogP contribution in [0.4, 0.5) is 0 Å². The minimum absolute atomic E-state index is 0.0656. The van der Waals surface area contributed by atoms with Gasteiger partial charge in [0.05, 0.1) is 13.0 Å². The van der Waals surface area contributed by atoms with E-state index in [0.717, 1.165) is 46.6 Å². The number of hydrogen-bond acceptors (Lipinski definition) is 5. The van der Waals surface area contributed by atoms with Gasteiger partial charge in [0, 0.05) is 30.8 Å². The molecule has 1 atom stereocenters. The van der Waals surface area contributed by atoms with Crippen molar-refractivity contribution in [1.82, 2.24) is 0 Å². The van der Waals surface area contributed by atoms with Gasteiger partial charge in [0.15, 0.2) is 0 Å². The van der Waals surface area contributed by atoms with E-state index < -0.39 is 5.97 Å². The third-order valence-electron chi connectivity index (χ3n) is 6.25. The third kappa shape index (κ3) is 7.73. The Labute approximate surface area is 219 Å². The number of rotatable bonds is 6. The first-order valence-corrected chi connectivity index (χ1v) is 13.0. The zero-order chi connectivity index (χ0) is 26.8. The number of aliphatic carboxylic acids is 1. The van der Waals surface area contributed by atoms with Crippen molar-refractivity contribution in [3.63, 3.8) is 0 Å². The number of aryl methyl sites for hydroxylation is 2. The summed E-state index contributed by atoms with van der Waals surface area (Å²) >= 11 is 0. The average Bonchev–Trinajstić information content (AvgIpc) is 3.58. The predicted molar refractivity (Wildman–Crippen MR) is 146 cm³/mol. The number of hydrogen-bond donors (Lipinski definition) is 2. The normalized spacial score (nSPS) is 15.4. The Hall–Kier alpha value is -3.51. The standard InChI is InChI=1S/C25H24O5.C4H8O.C2H6/c1-15-8-20(26)9-16(2)25(15)18-5-3-4-17(10-18)13-29-21-6-7-22-19(11-24(27)28)14-30-23(22)12-21;1-2-4-5-3-1;1-2/h3-10,12,19,26H,11,13-14H2,1-2H3,(H,27,28);1-4H2;1-2H3. The molecule has 2 N–H and O–H groups in total. The lowest BCUT2D eigenvalue weighted by Crippen LogP contribution is -2.07. The maximum atomic E-state index is 11.0. The predicted octanol–water partition coefficient (Wildman–Crippen LogP) is 7.03. The van der Waals surface area contributed by atoms with Gasteiger partial charge in [-0.3, -0.25) is 4.79 Å². The minimum atomic E-state index is -0.823. The Morgan fingerprint density at radius 2 is 1.70 bits per heavy atom. The van der Waals surface area contributed by atoms with Crippen LogP contribution in [0.15, 0.2) is 54.6 Å². The van der Waals surface area contributed by atoms with Crippen molar-refractivity contribution in [1.29, 1.82) is 0 Å². The fraction of sp³-hybridized carbons (Fsp3) is 0.387. The van der Waals surface area contributed by atoms with Gasteiger partial charge in [0.1, 0.15) is 23.9 Å². The molecule has 1 unspecified atom stereocenters. The zero-order valence-electron chi connectivity index (χ0n) is 22.3. The summed E-state index contributed by atoms with van der Waals surface area (Å²) in [4.78, 5) is 11.0. The van der Waals surface area contributed by atoms with E-state index >= 15 is 0 Å². The lowest BCUT2D eigenvalue weighted by molar-refractivity contribution is -0.137. The van der Waals surface area contributed by atoms with Crippen molar-refractivity contribution in [2.75, 3.05) is 19.8 Å². The van der Waals surface area contributed by atoms with Crippen molar-refractivity contribution in [3.05, 3.63) is 76.9 Å². The van der Waals surface area contributed by atoms with Crippen LogP contribution in [0, 0.1) is 13.8 Å². The van der Waals surface area contributed by atoms with Gasteiger partial charge in [-0.05, 0) is 78.8 Å². The van der Waals surface area contributed by atoms with Crippen LogP contribution in [-0.2, 0) is 16.1 Å². The molecular weight excluding hydrogens is 468 g/mol. The Kier molecular flexibility index (Phi) is 10.4. The van der Waals surface area contributed by atoms with E-state index in [9.17, 15) is 9.90 Å². The van der Waals surface area contributed by atoms with Crippen LogP contribution in [0.25, 0.3) is 11.1 Å². The number of aromatic hydroxyl groups is 1. The summed E-state index contributed by atoms with van der Waals surface area (Å²) < 4.78 is 16.6. The molecule has 2 aliphatic heterocycles. The quantitative estimate of drug-likeness (QED) is 0.373. The minimum Gasteiger partial charge on any atom is -0.508 e. The molecule has 1 fully saturated rings. The van der Waals surface area contributed by atoms with Crippen LogP contribution in [0.5, 0.6) is 17.2 Å². The third-order valence-corrected chi connectivity index (χ3v) is 6.25. The smallest absolute Gasteiger partial charge is 0.304 e. The van der Waals surface area contributed by atoms with Gasteiger partial charge < -0.3 is 24.4 Å². The molecule has 0 amide bonds. The summed E-state index contributed by atoms with van der Waals surface area (Å²) in [6, 6.07) is 17.3. The number of carbonyl (C=O) groups is 1. The summed E-state index contributed by atoms with van der Waals surface area (Å²) in [7, 11) is 0. The summed E-state index contributed by atoms with van der Waals surface area (Å²) in [5.41, 5.74) is 6.20. The second kappa shape index (κ2) is 13.7. The Morgan fingerprint density at radius 3 is 2.32 bits per heavy atom. The van der Waals surface area contributed by atoms with E-state index in [1.165, 1.54) is 12.8 Å². The van der Waals surface area contributed by atoms with Gasteiger partial charge >= 0.3 is 5.97 Å². The van der Waals surface area contributed by atoms with E-state index in [0.29, 0.717) is 24.7 Å². The van der Waals surface area contributed by atoms with Gasteiger partial charge in [-0.2, -0.15) is 0 Å². The van der Waals surface area contributed by atoms with Gasteiger partial charge in [0.2, 0.25) is 0 Å². The first-order valence-electron chi connectivity index (χ1n) is 13.0. The molecule has 3 aromatic rings. The van der Waals surface area contributed by atoms with Crippen molar-refractivity contribution < 1.29 is 29.2 Å². The molecule has 198 valence electrons. The highest BCUT2D eigenvalue weighted by Crippen LogP contribution is 2.38. The Balaban J connectivity index is 0.000000478. The molecule has 0 aliphatic carbocycles. The van der Waals surface area contributed by atoms with Crippen LogP contribution in [0.3, 0.4) is 0 Å². The molecule has 6 nitrogen and oxygen atoms in total. The van der Waals surface area contributed by atoms with Crippen LogP contribution < -0.4 is 9.47 Å². The fourth-order valence-corrected chi connectivity index (χ4v) is 4.62. The lowest BCUT2D eigenvalue weighted by atomic mass is 9.94. The first kappa shape index (κ1) is 28.1. The number of benzene rings is 3. The van der Waals surface area contributed by atoms with Crippen molar-refractivity contribution in [2.24, 2.45) is 0 Å². The van der Waals surface area contributed by atoms with Crippen LogP contribution >= 0.6 is 0 Å². The van der Waals surface area contributed by atoms with Gasteiger partial charge in [-0.1, -0.05) is 38.1 Å².